The molecule has 0 radical (unpaired) electrons. The fourth-order valence-electron chi connectivity index (χ4n) is 3.41. The number of hydrogen-bond acceptors (Lipinski definition) is 2. The van der Waals surface area contributed by atoms with E-state index in [-0.39, 0.29) is 18.0 Å². The first-order chi connectivity index (χ1) is 11.7. The molecule has 0 amide bonds. The molecule has 1 aliphatic carbocycles. The van der Waals surface area contributed by atoms with Crippen molar-refractivity contribution in [1.29, 1.82) is 0 Å². The minimum atomic E-state index is -4.67. The highest BCUT2D eigenvalue weighted by atomic mass is 35.5. The minimum Gasteiger partial charge on any atom is -0.314 e. The number of alkyl halides is 6. The maximum absolute atomic E-state index is 13.4. The largest absolute Gasteiger partial charge is 0.416 e. The van der Waals surface area contributed by atoms with Crippen LogP contribution in [0.25, 0.3) is 0 Å². The molecule has 0 bridgehead atoms. The third-order valence-electron chi connectivity index (χ3n) is 4.89. The van der Waals surface area contributed by atoms with E-state index >= 15 is 0 Å². The van der Waals surface area contributed by atoms with Crippen LogP contribution in [0.3, 0.4) is 0 Å². The zero-order valence-electron chi connectivity index (χ0n) is 14.0. The summed E-state index contributed by atoms with van der Waals surface area (Å²) in [5.74, 6) is 0.301. The predicted octanol–water partition coefficient (Wildman–Crippen LogP) is 4.89. The van der Waals surface area contributed by atoms with Crippen LogP contribution in [-0.4, -0.2) is 31.1 Å². The Labute approximate surface area is 154 Å². The summed E-state index contributed by atoms with van der Waals surface area (Å²) in [5.41, 5.74) is -2.22. The van der Waals surface area contributed by atoms with Crippen LogP contribution in [0.1, 0.15) is 42.0 Å². The number of hydrogen-bond donors (Lipinski definition) is 1. The Balaban J connectivity index is 0.00000243. The topological polar surface area (TPSA) is 15.3 Å². The summed E-state index contributed by atoms with van der Waals surface area (Å²) in [6.07, 6.45) is -6.99. The van der Waals surface area contributed by atoms with Crippen LogP contribution in [0, 0.1) is 5.92 Å². The maximum atomic E-state index is 13.4. The highest BCUT2D eigenvalue weighted by Gasteiger charge is 2.41. The van der Waals surface area contributed by atoms with Crippen molar-refractivity contribution in [2.45, 2.75) is 37.7 Å². The van der Waals surface area contributed by atoms with Gasteiger partial charge in [-0.3, -0.25) is 4.90 Å². The summed E-state index contributed by atoms with van der Waals surface area (Å²) in [5, 5.41) is 3.13. The van der Waals surface area contributed by atoms with Crippen molar-refractivity contribution in [2.75, 3.05) is 26.2 Å². The molecule has 2 aliphatic rings. The molecule has 1 aromatic carbocycles. The van der Waals surface area contributed by atoms with E-state index in [9.17, 15) is 26.3 Å². The van der Waals surface area contributed by atoms with Gasteiger partial charge in [0.1, 0.15) is 0 Å². The zero-order valence-corrected chi connectivity index (χ0v) is 14.8. The molecular weight excluding hydrogens is 382 g/mol. The van der Waals surface area contributed by atoms with Crippen LogP contribution < -0.4 is 5.32 Å². The number of benzene rings is 1. The number of halogens is 7. The van der Waals surface area contributed by atoms with Gasteiger partial charge in [0.15, 0.2) is 0 Å². The number of piperazine rings is 1. The third kappa shape index (κ3) is 5.04. The van der Waals surface area contributed by atoms with E-state index < -0.39 is 29.5 Å². The van der Waals surface area contributed by atoms with Crippen molar-refractivity contribution in [2.24, 2.45) is 5.92 Å². The molecule has 1 saturated heterocycles. The van der Waals surface area contributed by atoms with Crippen LogP contribution in [0.5, 0.6) is 0 Å². The van der Waals surface area contributed by atoms with Crippen molar-refractivity contribution in [1.82, 2.24) is 10.2 Å². The van der Waals surface area contributed by atoms with Gasteiger partial charge in [0.05, 0.1) is 11.1 Å². The van der Waals surface area contributed by atoms with Gasteiger partial charge in [-0.05, 0) is 36.1 Å². The quantitative estimate of drug-likeness (QED) is 0.721. The molecule has 1 aromatic rings. The molecule has 1 aliphatic heterocycles. The van der Waals surface area contributed by atoms with Crippen LogP contribution in [0.4, 0.5) is 26.3 Å². The average molecular weight is 403 g/mol. The molecule has 0 spiro atoms. The van der Waals surface area contributed by atoms with E-state index in [0.29, 0.717) is 56.7 Å². The Morgan fingerprint density at radius 2 is 1.62 bits per heavy atom. The van der Waals surface area contributed by atoms with Crippen LogP contribution in [0.15, 0.2) is 18.2 Å². The van der Waals surface area contributed by atoms with Crippen molar-refractivity contribution in [3.63, 3.8) is 0 Å². The molecule has 0 unspecified atom stereocenters. The van der Waals surface area contributed by atoms with Gasteiger partial charge >= 0.3 is 12.4 Å². The fraction of sp³-hybridized carbons (Fsp3) is 0.647. The van der Waals surface area contributed by atoms with E-state index in [4.69, 9.17) is 0 Å². The van der Waals surface area contributed by atoms with Crippen LogP contribution in [0.2, 0.25) is 0 Å². The van der Waals surface area contributed by atoms with Gasteiger partial charge in [-0.15, -0.1) is 12.4 Å². The number of nitrogens with one attached hydrogen (secondary N) is 1. The summed E-state index contributed by atoms with van der Waals surface area (Å²) in [6.45, 7) is 2.32. The molecule has 0 aromatic heterocycles. The third-order valence-corrected chi connectivity index (χ3v) is 4.89. The first-order valence-corrected chi connectivity index (χ1v) is 8.39. The molecule has 1 N–H and O–H groups in total. The van der Waals surface area contributed by atoms with Gasteiger partial charge < -0.3 is 5.32 Å². The first kappa shape index (κ1) is 21.3. The molecule has 1 heterocycles. The monoisotopic (exact) mass is 402 g/mol. The Morgan fingerprint density at radius 3 is 2.12 bits per heavy atom. The van der Waals surface area contributed by atoms with Crippen LogP contribution >= 0.6 is 12.4 Å². The molecule has 2 fully saturated rings. The Hall–Kier alpha value is -0.990. The van der Waals surface area contributed by atoms with Crippen LogP contribution in [-0.2, 0) is 12.4 Å². The van der Waals surface area contributed by atoms with Crippen molar-refractivity contribution >= 4 is 12.4 Å². The van der Waals surface area contributed by atoms with E-state index in [1.165, 1.54) is 0 Å². The van der Waals surface area contributed by atoms with Crippen molar-refractivity contribution in [3.05, 3.63) is 34.9 Å². The Kier molecular flexibility index (Phi) is 6.51. The van der Waals surface area contributed by atoms with Gasteiger partial charge in [-0.1, -0.05) is 12.8 Å². The lowest BCUT2D eigenvalue weighted by atomic mass is 9.92. The standard InChI is InChI=1S/C17H20F6N2.ClH/c18-16(19,20)12-3-4-14(17(21,22)23)13(10-12)15(9-11-1-2-11)25-7-5-24-6-8-25;/h3-4,10-11,15,24H,1-2,5-9H2;1H/t15-;/m1./s1. The second-order valence-electron chi connectivity index (χ2n) is 6.78. The average Bonchev–Trinajstić information content (AvgIpc) is 3.35. The zero-order chi connectivity index (χ0) is 18.2. The smallest absolute Gasteiger partial charge is 0.314 e. The van der Waals surface area contributed by atoms with Gasteiger partial charge in [0, 0.05) is 32.2 Å². The molecule has 26 heavy (non-hydrogen) atoms. The van der Waals surface area contributed by atoms with Crippen molar-refractivity contribution < 1.29 is 26.3 Å². The molecule has 1 atom stereocenters. The minimum absolute atomic E-state index is 0. The summed E-state index contributed by atoms with van der Waals surface area (Å²) < 4.78 is 79.6. The predicted molar refractivity (Wildman–Crippen MR) is 88.2 cm³/mol. The summed E-state index contributed by atoms with van der Waals surface area (Å²) >= 11 is 0. The first-order valence-electron chi connectivity index (χ1n) is 8.39. The highest BCUT2D eigenvalue weighted by molar-refractivity contribution is 5.85. The Bertz CT molecular complexity index is 606. The van der Waals surface area contributed by atoms with Gasteiger partial charge in [-0.2, -0.15) is 26.3 Å². The molecule has 1 saturated carbocycles. The number of nitrogens with zero attached hydrogens (tertiary/aromatic N) is 1. The molecule has 3 rings (SSSR count). The summed E-state index contributed by atoms with van der Waals surface area (Å²) in [7, 11) is 0. The SMILES string of the molecule is Cl.FC(F)(F)c1ccc(C(F)(F)F)c([C@@H](CC2CC2)N2CCNCC2)c1. The lowest BCUT2D eigenvalue weighted by Crippen LogP contribution is -2.45. The van der Waals surface area contributed by atoms with Gasteiger partial charge in [-0.25, -0.2) is 0 Å². The molecule has 2 nitrogen and oxygen atoms in total. The highest BCUT2D eigenvalue weighted by Crippen LogP contribution is 2.45. The second-order valence-corrected chi connectivity index (χ2v) is 6.78. The van der Waals surface area contributed by atoms with E-state index in [2.05, 4.69) is 5.32 Å². The van der Waals surface area contributed by atoms with Gasteiger partial charge in [0.25, 0.3) is 0 Å². The van der Waals surface area contributed by atoms with E-state index in [1.807, 2.05) is 4.90 Å². The number of rotatable bonds is 4. The molecule has 148 valence electrons. The van der Waals surface area contributed by atoms with Crippen molar-refractivity contribution in [3.8, 4) is 0 Å². The summed E-state index contributed by atoms with van der Waals surface area (Å²) in [6, 6.07) is 1.18. The Morgan fingerprint density at radius 1 is 1.00 bits per heavy atom. The van der Waals surface area contributed by atoms with Gasteiger partial charge in [0.2, 0.25) is 0 Å². The second kappa shape index (κ2) is 7.94. The maximum Gasteiger partial charge on any atom is 0.416 e. The fourth-order valence-corrected chi connectivity index (χ4v) is 3.41. The normalized spacial score (nSPS) is 20.5. The van der Waals surface area contributed by atoms with E-state index in [1.54, 1.807) is 0 Å². The molecular formula is C17H21ClF6N2. The lowest BCUT2D eigenvalue weighted by molar-refractivity contribution is -0.142. The lowest BCUT2D eigenvalue weighted by Gasteiger charge is -2.36. The van der Waals surface area contributed by atoms with E-state index in [0.717, 1.165) is 12.8 Å². The molecule has 9 heteroatoms. The summed E-state index contributed by atoms with van der Waals surface area (Å²) in [4.78, 5) is 1.89.